The molecule has 7 heteroatoms. The van der Waals surface area contributed by atoms with Crippen LogP contribution in [0.2, 0.25) is 0 Å². The van der Waals surface area contributed by atoms with Crippen LogP contribution >= 0.6 is 15.9 Å². The Labute approximate surface area is 113 Å². The molecule has 0 aliphatic rings. The Kier molecular flexibility index (Phi) is 3.63. The molecule has 2 aromatic rings. The monoisotopic (exact) mass is 327 g/mol. The maximum atomic E-state index is 12.1. The highest BCUT2D eigenvalue weighted by atomic mass is 79.9. The van der Waals surface area contributed by atoms with Gasteiger partial charge in [0.2, 0.25) is 0 Å². The number of aromatic nitrogens is 2. The van der Waals surface area contributed by atoms with Gasteiger partial charge in [0.15, 0.2) is 5.82 Å². The lowest BCUT2D eigenvalue weighted by Crippen LogP contribution is -2.14. The summed E-state index contributed by atoms with van der Waals surface area (Å²) in [6.45, 7) is 1.89. The predicted molar refractivity (Wildman–Crippen MR) is 71.7 cm³/mol. The SMILES string of the molecule is Cc1ccc(S(=O)(=O)Nc2cnccn2)c(Br)c1. The van der Waals surface area contributed by atoms with Crippen molar-refractivity contribution in [1.29, 1.82) is 0 Å². The Hall–Kier alpha value is -1.47. The highest BCUT2D eigenvalue weighted by molar-refractivity contribution is 9.10. The number of halogens is 1. The molecule has 94 valence electrons. The first-order valence-electron chi connectivity index (χ1n) is 5.04. The van der Waals surface area contributed by atoms with E-state index in [9.17, 15) is 8.42 Å². The molecule has 0 unspecified atom stereocenters. The van der Waals surface area contributed by atoms with Gasteiger partial charge in [-0.3, -0.25) is 9.71 Å². The summed E-state index contributed by atoms with van der Waals surface area (Å²) in [5, 5.41) is 0. The largest absolute Gasteiger partial charge is 0.264 e. The molecule has 0 saturated carbocycles. The molecular weight excluding hydrogens is 318 g/mol. The van der Waals surface area contributed by atoms with Crippen molar-refractivity contribution >= 4 is 31.8 Å². The molecule has 5 nitrogen and oxygen atoms in total. The van der Waals surface area contributed by atoms with Crippen LogP contribution in [0.15, 0.2) is 46.2 Å². The van der Waals surface area contributed by atoms with E-state index in [-0.39, 0.29) is 10.7 Å². The summed E-state index contributed by atoms with van der Waals surface area (Å²) in [7, 11) is -3.66. The van der Waals surface area contributed by atoms with Gasteiger partial charge in [-0.15, -0.1) is 0 Å². The van der Waals surface area contributed by atoms with Crippen molar-refractivity contribution in [3.63, 3.8) is 0 Å². The average molecular weight is 328 g/mol. The van der Waals surface area contributed by atoms with E-state index in [0.29, 0.717) is 4.47 Å². The molecule has 2 rings (SSSR count). The number of benzene rings is 1. The Bertz CT molecular complexity index is 659. The van der Waals surface area contributed by atoms with E-state index in [1.54, 1.807) is 12.1 Å². The summed E-state index contributed by atoms with van der Waals surface area (Å²) in [4.78, 5) is 7.83. The van der Waals surface area contributed by atoms with Crippen LogP contribution in [0.25, 0.3) is 0 Å². The van der Waals surface area contributed by atoms with Crippen molar-refractivity contribution in [2.45, 2.75) is 11.8 Å². The number of rotatable bonds is 3. The zero-order chi connectivity index (χ0) is 13.2. The molecule has 0 saturated heterocycles. The van der Waals surface area contributed by atoms with Crippen LogP contribution in [0.1, 0.15) is 5.56 Å². The van der Waals surface area contributed by atoms with E-state index >= 15 is 0 Å². The standard InChI is InChI=1S/C11H10BrN3O2S/c1-8-2-3-10(9(12)6-8)18(16,17)15-11-7-13-4-5-14-11/h2-7H,1H3,(H,14,15). The van der Waals surface area contributed by atoms with Gasteiger partial charge >= 0.3 is 0 Å². The molecule has 1 heterocycles. The zero-order valence-electron chi connectivity index (χ0n) is 9.46. The first-order valence-corrected chi connectivity index (χ1v) is 7.31. The number of hydrogen-bond acceptors (Lipinski definition) is 4. The maximum absolute atomic E-state index is 12.1. The summed E-state index contributed by atoms with van der Waals surface area (Å²) in [5.74, 6) is 0.185. The lowest BCUT2D eigenvalue weighted by molar-refractivity contribution is 0.600. The first-order chi connectivity index (χ1) is 8.49. The van der Waals surface area contributed by atoms with Gasteiger partial charge in [-0.1, -0.05) is 6.07 Å². The minimum Gasteiger partial charge on any atom is -0.262 e. The van der Waals surface area contributed by atoms with Crippen LogP contribution in [0, 0.1) is 6.92 Å². The van der Waals surface area contributed by atoms with Crippen LogP contribution < -0.4 is 4.72 Å². The topological polar surface area (TPSA) is 72.0 Å². The summed E-state index contributed by atoms with van der Waals surface area (Å²) >= 11 is 3.24. The van der Waals surface area contributed by atoms with E-state index in [4.69, 9.17) is 0 Å². The van der Waals surface area contributed by atoms with Crippen molar-refractivity contribution in [1.82, 2.24) is 9.97 Å². The average Bonchev–Trinajstić information content (AvgIpc) is 2.29. The molecule has 0 radical (unpaired) electrons. The van der Waals surface area contributed by atoms with Gasteiger partial charge in [-0.05, 0) is 40.5 Å². The van der Waals surface area contributed by atoms with Gasteiger partial charge in [0.25, 0.3) is 10.0 Å². The quantitative estimate of drug-likeness (QED) is 0.939. The smallest absolute Gasteiger partial charge is 0.262 e. The van der Waals surface area contributed by atoms with Crippen molar-refractivity contribution in [3.8, 4) is 0 Å². The van der Waals surface area contributed by atoms with Gasteiger partial charge in [-0.25, -0.2) is 13.4 Å². The summed E-state index contributed by atoms with van der Waals surface area (Å²) in [6.07, 6.45) is 4.24. The molecule has 1 aromatic carbocycles. The second-order valence-corrected chi connectivity index (χ2v) is 6.14. The van der Waals surface area contributed by atoms with Crippen molar-refractivity contribution in [2.24, 2.45) is 0 Å². The Morgan fingerprint density at radius 3 is 2.67 bits per heavy atom. The van der Waals surface area contributed by atoms with Gasteiger partial charge in [0.1, 0.15) is 4.90 Å². The number of sulfonamides is 1. The fourth-order valence-corrected chi connectivity index (χ4v) is 3.55. The van der Waals surface area contributed by atoms with Crippen LogP contribution in [0.3, 0.4) is 0 Å². The fraction of sp³-hybridized carbons (Fsp3) is 0.0909. The van der Waals surface area contributed by atoms with Crippen molar-refractivity contribution in [3.05, 3.63) is 46.8 Å². The zero-order valence-corrected chi connectivity index (χ0v) is 11.9. The molecule has 0 bridgehead atoms. The Morgan fingerprint density at radius 1 is 1.28 bits per heavy atom. The third kappa shape index (κ3) is 2.85. The third-order valence-corrected chi connectivity index (χ3v) is 4.51. The highest BCUT2D eigenvalue weighted by Gasteiger charge is 2.18. The summed E-state index contributed by atoms with van der Waals surface area (Å²) < 4.78 is 27.1. The predicted octanol–water partition coefficient (Wildman–Crippen LogP) is 2.35. The van der Waals surface area contributed by atoms with Crippen molar-refractivity contribution in [2.75, 3.05) is 4.72 Å². The Balaban J connectivity index is 2.37. The van der Waals surface area contributed by atoms with Crippen LogP contribution in [-0.2, 0) is 10.0 Å². The van der Waals surface area contributed by atoms with Crippen LogP contribution in [-0.4, -0.2) is 18.4 Å². The number of anilines is 1. The minimum absolute atomic E-state index is 0.166. The molecule has 0 amide bonds. The lowest BCUT2D eigenvalue weighted by Gasteiger charge is -2.08. The molecule has 0 aliphatic carbocycles. The van der Waals surface area contributed by atoms with Gasteiger partial charge < -0.3 is 0 Å². The van der Waals surface area contributed by atoms with Crippen molar-refractivity contribution < 1.29 is 8.42 Å². The number of hydrogen-bond donors (Lipinski definition) is 1. The molecule has 1 N–H and O–H groups in total. The second-order valence-electron chi connectivity index (χ2n) is 3.63. The molecule has 0 atom stereocenters. The fourth-order valence-electron chi connectivity index (χ4n) is 1.37. The molecule has 0 aliphatic heterocycles. The second kappa shape index (κ2) is 5.03. The molecule has 18 heavy (non-hydrogen) atoms. The highest BCUT2D eigenvalue weighted by Crippen LogP contribution is 2.24. The van der Waals surface area contributed by atoms with E-state index in [1.165, 1.54) is 24.7 Å². The summed E-state index contributed by atoms with van der Waals surface area (Å²) in [6, 6.07) is 5.01. The normalized spacial score (nSPS) is 11.2. The van der Waals surface area contributed by atoms with E-state index in [0.717, 1.165) is 5.56 Å². The number of nitrogens with zero attached hydrogens (tertiary/aromatic N) is 2. The first kappa shape index (κ1) is 13.0. The molecule has 0 fully saturated rings. The van der Waals surface area contributed by atoms with Gasteiger partial charge in [-0.2, -0.15) is 0 Å². The number of nitrogens with one attached hydrogen (secondary N) is 1. The summed E-state index contributed by atoms with van der Waals surface area (Å²) in [5.41, 5.74) is 0.973. The third-order valence-electron chi connectivity index (χ3n) is 2.18. The Morgan fingerprint density at radius 2 is 2.06 bits per heavy atom. The molecular formula is C11H10BrN3O2S. The van der Waals surface area contributed by atoms with Gasteiger partial charge in [0, 0.05) is 16.9 Å². The minimum atomic E-state index is -3.66. The maximum Gasteiger partial charge on any atom is 0.264 e. The van der Waals surface area contributed by atoms with E-state index in [1.807, 2.05) is 6.92 Å². The van der Waals surface area contributed by atoms with E-state index in [2.05, 4.69) is 30.6 Å². The molecule has 0 spiro atoms. The van der Waals surface area contributed by atoms with Gasteiger partial charge in [0.05, 0.1) is 6.20 Å². The van der Waals surface area contributed by atoms with Crippen LogP contribution in [0.5, 0.6) is 0 Å². The molecule has 1 aromatic heterocycles. The van der Waals surface area contributed by atoms with E-state index < -0.39 is 10.0 Å². The van der Waals surface area contributed by atoms with Crippen LogP contribution in [0.4, 0.5) is 5.82 Å². The lowest BCUT2D eigenvalue weighted by atomic mass is 10.2. The number of aryl methyl sites for hydroxylation is 1.